The van der Waals surface area contributed by atoms with Gasteiger partial charge in [-0.15, -0.1) is 0 Å². The van der Waals surface area contributed by atoms with Gasteiger partial charge in [0.1, 0.15) is 5.82 Å². The Kier molecular flexibility index (Phi) is 5.80. The molecule has 0 saturated carbocycles. The normalized spacial score (nSPS) is 17.8. The molecule has 2 nitrogen and oxygen atoms in total. The summed E-state index contributed by atoms with van der Waals surface area (Å²) in [6.45, 7) is 6.74. The van der Waals surface area contributed by atoms with E-state index in [1.165, 1.54) is 32.5 Å². The first kappa shape index (κ1) is 14.5. The first-order valence-electron chi connectivity index (χ1n) is 7.51. The van der Waals surface area contributed by atoms with Crippen LogP contribution in [0.25, 0.3) is 0 Å². The van der Waals surface area contributed by atoms with Gasteiger partial charge < -0.3 is 10.2 Å². The lowest BCUT2D eigenvalue weighted by atomic mass is 10.0. The third-order valence-electron chi connectivity index (χ3n) is 3.93. The van der Waals surface area contributed by atoms with Gasteiger partial charge in [-0.2, -0.15) is 0 Å². The van der Waals surface area contributed by atoms with Crippen molar-refractivity contribution in [2.75, 3.05) is 26.2 Å². The Bertz CT molecular complexity index is 375. The number of benzene rings is 1. The van der Waals surface area contributed by atoms with Crippen LogP contribution in [0, 0.1) is 5.82 Å². The van der Waals surface area contributed by atoms with E-state index in [9.17, 15) is 4.39 Å². The quantitative estimate of drug-likeness (QED) is 0.760. The molecule has 1 aliphatic rings. The summed E-state index contributed by atoms with van der Waals surface area (Å²) < 4.78 is 13.7. The average Bonchev–Trinajstić information content (AvgIpc) is 2.93. The van der Waals surface area contributed by atoms with Crippen LogP contribution in [-0.2, 0) is 0 Å². The van der Waals surface area contributed by atoms with Gasteiger partial charge in [0.25, 0.3) is 0 Å². The average molecular weight is 264 g/mol. The molecule has 19 heavy (non-hydrogen) atoms. The van der Waals surface area contributed by atoms with Crippen LogP contribution < -0.4 is 5.32 Å². The highest BCUT2D eigenvalue weighted by atomic mass is 19.1. The molecule has 0 amide bonds. The van der Waals surface area contributed by atoms with Crippen LogP contribution in [0.4, 0.5) is 4.39 Å². The Hall–Kier alpha value is -0.930. The predicted octanol–water partition coefficient (Wildman–Crippen LogP) is 3.35. The van der Waals surface area contributed by atoms with Gasteiger partial charge in [0.15, 0.2) is 0 Å². The minimum Gasteiger partial charge on any atom is -0.310 e. The Labute approximate surface area is 116 Å². The van der Waals surface area contributed by atoms with Crippen LogP contribution in [0.1, 0.15) is 44.2 Å². The maximum atomic E-state index is 13.7. The van der Waals surface area contributed by atoms with E-state index in [0.29, 0.717) is 0 Å². The van der Waals surface area contributed by atoms with Crippen LogP contribution in [0.15, 0.2) is 24.3 Å². The van der Waals surface area contributed by atoms with Gasteiger partial charge in [0.2, 0.25) is 0 Å². The highest BCUT2D eigenvalue weighted by Crippen LogP contribution is 2.19. The molecule has 0 bridgehead atoms. The van der Waals surface area contributed by atoms with Gasteiger partial charge in [-0.25, -0.2) is 4.39 Å². The van der Waals surface area contributed by atoms with Crippen molar-refractivity contribution in [1.82, 2.24) is 10.2 Å². The number of rotatable bonds is 7. The molecule has 3 heteroatoms. The summed E-state index contributed by atoms with van der Waals surface area (Å²) in [6, 6.07) is 7.23. The zero-order valence-electron chi connectivity index (χ0n) is 11.9. The molecule has 1 fully saturated rings. The highest BCUT2D eigenvalue weighted by molar-refractivity contribution is 5.21. The molecule has 0 spiro atoms. The molecule has 1 aromatic carbocycles. The lowest BCUT2D eigenvalue weighted by Crippen LogP contribution is -2.27. The smallest absolute Gasteiger partial charge is 0.127 e. The van der Waals surface area contributed by atoms with Crippen molar-refractivity contribution in [3.05, 3.63) is 35.6 Å². The second-order valence-corrected chi connectivity index (χ2v) is 5.34. The predicted molar refractivity (Wildman–Crippen MR) is 77.7 cm³/mol. The summed E-state index contributed by atoms with van der Waals surface area (Å²) >= 11 is 0. The Balaban J connectivity index is 1.74. The van der Waals surface area contributed by atoms with Gasteiger partial charge in [0.05, 0.1) is 0 Å². The van der Waals surface area contributed by atoms with Crippen LogP contribution in [0.3, 0.4) is 0 Å². The standard InChI is InChI=1S/C16H25FN2/c1-2-16(14-8-3-4-9-15(14)17)18-10-7-13-19-11-5-6-12-19/h3-4,8-9,16,18H,2,5-7,10-13H2,1H3. The molecule has 1 saturated heterocycles. The molecule has 0 aromatic heterocycles. The number of hydrogen-bond acceptors (Lipinski definition) is 2. The zero-order valence-corrected chi connectivity index (χ0v) is 11.9. The molecule has 1 N–H and O–H groups in total. The summed E-state index contributed by atoms with van der Waals surface area (Å²) in [5.41, 5.74) is 0.797. The van der Waals surface area contributed by atoms with Crippen molar-refractivity contribution >= 4 is 0 Å². The maximum absolute atomic E-state index is 13.7. The van der Waals surface area contributed by atoms with Crippen molar-refractivity contribution in [3.8, 4) is 0 Å². The highest BCUT2D eigenvalue weighted by Gasteiger charge is 2.13. The van der Waals surface area contributed by atoms with Crippen LogP contribution in [-0.4, -0.2) is 31.1 Å². The van der Waals surface area contributed by atoms with E-state index in [1.54, 1.807) is 12.1 Å². The summed E-state index contributed by atoms with van der Waals surface area (Å²) in [5.74, 6) is -0.0959. The molecule has 1 aliphatic heterocycles. The summed E-state index contributed by atoms with van der Waals surface area (Å²) in [5, 5.41) is 3.48. The van der Waals surface area contributed by atoms with Gasteiger partial charge in [-0.05, 0) is 57.9 Å². The van der Waals surface area contributed by atoms with Gasteiger partial charge >= 0.3 is 0 Å². The molecular formula is C16H25FN2. The first-order valence-corrected chi connectivity index (χ1v) is 7.51. The second-order valence-electron chi connectivity index (χ2n) is 5.34. The number of likely N-dealkylation sites (tertiary alicyclic amines) is 1. The largest absolute Gasteiger partial charge is 0.310 e. The Morgan fingerprint density at radius 2 is 2.00 bits per heavy atom. The number of halogens is 1. The topological polar surface area (TPSA) is 15.3 Å². The van der Waals surface area contributed by atoms with E-state index in [-0.39, 0.29) is 11.9 Å². The van der Waals surface area contributed by atoms with E-state index in [2.05, 4.69) is 17.1 Å². The molecule has 1 unspecified atom stereocenters. The number of hydrogen-bond donors (Lipinski definition) is 1. The molecule has 0 aliphatic carbocycles. The molecule has 1 heterocycles. The molecule has 1 aromatic rings. The maximum Gasteiger partial charge on any atom is 0.127 e. The minimum atomic E-state index is -0.0959. The minimum absolute atomic E-state index is 0.0959. The number of nitrogens with zero attached hydrogens (tertiary/aromatic N) is 1. The molecule has 2 rings (SSSR count). The first-order chi connectivity index (χ1) is 9.31. The van der Waals surface area contributed by atoms with Crippen LogP contribution in [0.2, 0.25) is 0 Å². The summed E-state index contributed by atoms with van der Waals surface area (Å²) in [6.07, 6.45) is 4.76. The van der Waals surface area contributed by atoms with Gasteiger partial charge in [-0.3, -0.25) is 0 Å². The van der Waals surface area contributed by atoms with Crippen molar-refractivity contribution in [2.45, 2.75) is 38.6 Å². The van der Waals surface area contributed by atoms with Crippen molar-refractivity contribution in [1.29, 1.82) is 0 Å². The molecule has 0 radical (unpaired) electrons. The SMILES string of the molecule is CCC(NCCCN1CCCC1)c1ccccc1F. The zero-order chi connectivity index (χ0) is 13.5. The fraction of sp³-hybridized carbons (Fsp3) is 0.625. The molecule has 106 valence electrons. The van der Waals surface area contributed by atoms with Gasteiger partial charge in [0, 0.05) is 11.6 Å². The Morgan fingerprint density at radius 3 is 2.68 bits per heavy atom. The van der Waals surface area contributed by atoms with Crippen molar-refractivity contribution in [2.24, 2.45) is 0 Å². The van der Waals surface area contributed by atoms with E-state index >= 15 is 0 Å². The Morgan fingerprint density at radius 1 is 1.26 bits per heavy atom. The fourth-order valence-corrected chi connectivity index (χ4v) is 2.82. The van der Waals surface area contributed by atoms with Crippen LogP contribution in [0.5, 0.6) is 0 Å². The molecular weight excluding hydrogens is 239 g/mol. The van der Waals surface area contributed by atoms with Crippen molar-refractivity contribution < 1.29 is 4.39 Å². The lowest BCUT2D eigenvalue weighted by molar-refractivity contribution is 0.326. The van der Waals surface area contributed by atoms with E-state index in [4.69, 9.17) is 0 Å². The third kappa shape index (κ3) is 4.29. The van der Waals surface area contributed by atoms with E-state index in [0.717, 1.165) is 24.9 Å². The molecule has 1 atom stereocenters. The van der Waals surface area contributed by atoms with Crippen LogP contribution >= 0.6 is 0 Å². The second kappa shape index (κ2) is 7.61. The third-order valence-corrected chi connectivity index (χ3v) is 3.93. The fourth-order valence-electron chi connectivity index (χ4n) is 2.82. The summed E-state index contributed by atoms with van der Waals surface area (Å²) in [4.78, 5) is 2.52. The van der Waals surface area contributed by atoms with Crippen molar-refractivity contribution in [3.63, 3.8) is 0 Å². The monoisotopic (exact) mass is 264 g/mol. The number of nitrogens with one attached hydrogen (secondary N) is 1. The van der Waals surface area contributed by atoms with E-state index in [1.807, 2.05) is 12.1 Å². The lowest BCUT2D eigenvalue weighted by Gasteiger charge is -2.19. The summed E-state index contributed by atoms with van der Waals surface area (Å²) in [7, 11) is 0. The van der Waals surface area contributed by atoms with E-state index < -0.39 is 0 Å². The van der Waals surface area contributed by atoms with Gasteiger partial charge in [-0.1, -0.05) is 25.1 Å².